The summed E-state index contributed by atoms with van der Waals surface area (Å²) in [5, 5.41) is 0. The zero-order chi connectivity index (χ0) is 22.1. The second-order valence-electron chi connectivity index (χ2n) is 6.74. The van der Waals surface area contributed by atoms with Crippen LogP contribution in [0.4, 0.5) is 0 Å². The van der Waals surface area contributed by atoms with Crippen LogP contribution >= 0.6 is 24.0 Å². The van der Waals surface area contributed by atoms with Crippen LogP contribution in [0.2, 0.25) is 0 Å². The summed E-state index contributed by atoms with van der Waals surface area (Å²) in [5.41, 5.74) is 2.02. The number of aryl methyl sites for hydroxylation is 1. The Labute approximate surface area is 192 Å². The van der Waals surface area contributed by atoms with E-state index in [4.69, 9.17) is 26.4 Å². The largest absolute Gasteiger partial charge is 0.491 e. The number of nitrogens with zero attached hydrogens (tertiary/aromatic N) is 1. The van der Waals surface area contributed by atoms with Crippen LogP contribution in [0.3, 0.4) is 0 Å². The van der Waals surface area contributed by atoms with E-state index in [0.29, 0.717) is 47.9 Å². The number of rotatable bonds is 11. The molecule has 1 heterocycles. The summed E-state index contributed by atoms with van der Waals surface area (Å²) in [7, 11) is 0. The van der Waals surface area contributed by atoms with E-state index in [2.05, 4.69) is 6.58 Å². The first-order valence-electron chi connectivity index (χ1n) is 9.94. The quantitative estimate of drug-likeness (QED) is 0.209. The number of ether oxygens (including phenoxy) is 3. The minimum absolute atomic E-state index is 0.110. The topological polar surface area (TPSA) is 48.0 Å². The maximum atomic E-state index is 12.5. The van der Waals surface area contributed by atoms with E-state index in [1.165, 1.54) is 22.2 Å². The fraction of sp³-hybridized carbons (Fsp3) is 0.250. The SMILES string of the molecule is C=CCN1C(=O)C(=Cc2ccccc2OCCOCCOc2ccc(C)cc2)SC1=S. The van der Waals surface area contributed by atoms with Crippen molar-refractivity contribution < 1.29 is 19.0 Å². The molecule has 1 fully saturated rings. The first-order valence-corrected chi connectivity index (χ1v) is 11.2. The third-order valence-electron chi connectivity index (χ3n) is 4.39. The molecule has 1 aliphatic rings. The van der Waals surface area contributed by atoms with Crippen molar-refractivity contribution in [1.82, 2.24) is 4.90 Å². The lowest BCUT2D eigenvalue weighted by Crippen LogP contribution is -2.27. The molecule has 1 aliphatic heterocycles. The van der Waals surface area contributed by atoms with Gasteiger partial charge in [0.05, 0.1) is 18.1 Å². The number of amides is 1. The minimum atomic E-state index is -0.110. The van der Waals surface area contributed by atoms with Crippen molar-refractivity contribution in [3.05, 3.63) is 77.2 Å². The van der Waals surface area contributed by atoms with Crippen LogP contribution in [-0.2, 0) is 9.53 Å². The average molecular weight is 456 g/mol. The van der Waals surface area contributed by atoms with Gasteiger partial charge in [0.1, 0.15) is 29.0 Å². The van der Waals surface area contributed by atoms with Crippen LogP contribution in [0.25, 0.3) is 6.08 Å². The predicted molar refractivity (Wildman–Crippen MR) is 130 cm³/mol. The predicted octanol–water partition coefficient (Wildman–Crippen LogP) is 4.86. The highest BCUT2D eigenvalue weighted by Crippen LogP contribution is 2.34. The van der Waals surface area contributed by atoms with Gasteiger partial charge in [-0.05, 0) is 31.2 Å². The Morgan fingerprint density at radius 2 is 1.74 bits per heavy atom. The Bertz CT molecular complexity index is 956. The van der Waals surface area contributed by atoms with Gasteiger partial charge in [0, 0.05) is 12.1 Å². The van der Waals surface area contributed by atoms with E-state index in [0.717, 1.165) is 11.3 Å². The van der Waals surface area contributed by atoms with Crippen LogP contribution in [0, 0.1) is 6.92 Å². The first kappa shape index (κ1) is 23.1. The maximum Gasteiger partial charge on any atom is 0.266 e. The van der Waals surface area contributed by atoms with E-state index in [1.807, 2.05) is 61.5 Å². The monoisotopic (exact) mass is 455 g/mol. The van der Waals surface area contributed by atoms with Gasteiger partial charge >= 0.3 is 0 Å². The second-order valence-corrected chi connectivity index (χ2v) is 8.42. The lowest BCUT2D eigenvalue weighted by Gasteiger charge is -2.11. The van der Waals surface area contributed by atoms with Crippen LogP contribution in [0.5, 0.6) is 11.5 Å². The lowest BCUT2D eigenvalue weighted by atomic mass is 10.2. The second kappa shape index (κ2) is 11.7. The van der Waals surface area contributed by atoms with Crippen molar-refractivity contribution >= 4 is 40.3 Å². The molecule has 0 spiro atoms. The number of para-hydroxylation sites is 1. The first-order chi connectivity index (χ1) is 15.1. The summed E-state index contributed by atoms with van der Waals surface area (Å²) in [6.07, 6.45) is 3.48. The summed E-state index contributed by atoms with van der Waals surface area (Å²) in [4.78, 5) is 14.6. The van der Waals surface area contributed by atoms with Crippen molar-refractivity contribution in [3.63, 3.8) is 0 Å². The van der Waals surface area contributed by atoms with Gasteiger partial charge in [-0.1, -0.05) is 66.0 Å². The molecule has 1 amide bonds. The van der Waals surface area contributed by atoms with Crippen molar-refractivity contribution in [2.75, 3.05) is 33.0 Å². The standard InChI is InChI=1S/C24H25NO4S2/c1-3-12-25-23(26)22(31-24(25)30)17-19-6-4-5-7-21(19)29-16-14-27-13-15-28-20-10-8-18(2)9-11-20/h3-11,17H,1,12-16H2,2H3. The highest BCUT2D eigenvalue weighted by atomic mass is 32.2. The molecule has 0 bridgehead atoms. The van der Waals surface area contributed by atoms with Gasteiger partial charge in [-0.3, -0.25) is 9.69 Å². The molecule has 0 saturated carbocycles. The maximum absolute atomic E-state index is 12.5. The van der Waals surface area contributed by atoms with Crippen LogP contribution in [0.1, 0.15) is 11.1 Å². The smallest absolute Gasteiger partial charge is 0.266 e. The Hall–Kier alpha value is -2.61. The van der Waals surface area contributed by atoms with E-state index < -0.39 is 0 Å². The third kappa shape index (κ3) is 6.69. The molecule has 3 rings (SSSR count). The van der Waals surface area contributed by atoms with E-state index in [9.17, 15) is 4.79 Å². The highest BCUT2D eigenvalue weighted by Gasteiger charge is 2.31. The molecule has 5 nitrogen and oxygen atoms in total. The lowest BCUT2D eigenvalue weighted by molar-refractivity contribution is -0.121. The Morgan fingerprint density at radius 1 is 1.03 bits per heavy atom. The van der Waals surface area contributed by atoms with Crippen molar-refractivity contribution in [1.29, 1.82) is 0 Å². The van der Waals surface area contributed by atoms with Gasteiger partial charge in [-0.15, -0.1) is 6.58 Å². The van der Waals surface area contributed by atoms with Crippen LogP contribution in [0.15, 0.2) is 66.1 Å². The molecule has 2 aromatic rings. The Kier molecular flexibility index (Phi) is 8.70. The van der Waals surface area contributed by atoms with Gasteiger partial charge in [0.15, 0.2) is 0 Å². The van der Waals surface area contributed by atoms with Crippen LogP contribution in [-0.4, -0.2) is 48.1 Å². The van der Waals surface area contributed by atoms with E-state index >= 15 is 0 Å². The number of thiocarbonyl (C=S) groups is 1. The van der Waals surface area contributed by atoms with Crippen molar-refractivity contribution in [3.8, 4) is 11.5 Å². The van der Waals surface area contributed by atoms with E-state index in [-0.39, 0.29) is 5.91 Å². The molecule has 1 saturated heterocycles. The molecular weight excluding hydrogens is 430 g/mol. The normalized spacial score (nSPS) is 14.9. The van der Waals surface area contributed by atoms with Gasteiger partial charge < -0.3 is 14.2 Å². The molecule has 0 unspecified atom stereocenters. The molecule has 0 atom stereocenters. The number of carbonyl (C=O) groups excluding carboxylic acids is 1. The highest BCUT2D eigenvalue weighted by molar-refractivity contribution is 8.26. The molecule has 0 aromatic heterocycles. The number of benzene rings is 2. The van der Waals surface area contributed by atoms with Crippen molar-refractivity contribution in [2.24, 2.45) is 0 Å². The zero-order valence-electron chi connectivity index (χ0n) is 17.4. The summed E-state index contributed by atoms with van der Waals surface area (Å²) < 4.78 is 17.6. The molecule has 0 N–H and O–H groups in total. The average Bonchev–Trinajstić information content (AvgIpc) is 3.03. The van der Waals surface area contributed by atoms with Gasteiger partial charge in [0.25, 0.3) is 5.91 Å². The fourth-order valence-corrected chi connectivity index (χ4v) is 4.09. The summed E-state index contributed by atoms with van der Waals surface area (Å²) >= 11 is 6.58. The molecular formula is C24H25NO4S2. The minimum Gasteiger partial charge on any atom is -0.491 e. The Morgan fingerprint density at radius 3 is 2.48 bits per heavy atom. The Balaban J connectivity index is 1.45. The molecule has 162 valence electrons. The van der Waals surface area contributed by atoms with Gasteiger partial charge in [-0.25, -0.2) is 0 Å². The molecule has 0 aliphatic carbocycles. The number of carbonyl (C=O) groups is 1. The third-order valence-corrected chi connectivity index (χ3v) is 5.77. The summed E-state index contributed by atoms with van der Waals surface area (Å²) in [5.74, 6) is 1.41. The van der Waals surface area contributed by atoms with Gasteiger partial charge in [-0.2, -0.15) is 0 Å². The van der Waals surface area contributed by atoms with Crippen molar-refractivity contribution in [2.45, 2.75) is 6.92 Å². The van der Waals surface area contributed by atoms with Crippen LogP contribution < -0.4 is 9.47 Å². The number of thioether (sulfide) groups is 1. The molecule has 31 heavy (non-hydrogen) atoms. The zero-order valence-corrected chi connectivity index (χ0v) is 19.0. The molecule has 0 radical (unpaired) electrons. The molecule has 2 aromatic carbocycles. The number of hydrogen-bond donors (Lipinski definition) is 0. The summed E-state index contributed by atoms with van der Waals surface area (Å²) in [6.45, 7) is 7.91. The van der Waals surface area contributed by atoms with E-state index in [1.54, 1.807) is 6.08 Å². The molecule has 7 heteroatoms. The number of hydrogen-bond acceptors (Lipinski definition) is 6. The fourth-order valence-electron chi connectivity index (χ4n) is 2.82. The summed E-state index contributed by atoms with van der Waals surface area (Å²) in [6, 6.07) is 15.5. The van der Waals surface area contributed by atoms with Gasteiger partial charge in [0.2, 0.25) is 0 Å².